The lowest BCUT2D eigenvalue weighted by Gasteiger charge is -2.23. The first-order valence-electron chi connectivity index (χ1n) is 26.9. The second-order valence-electron chi connectivity index (χ2n) is 20.2. The van der Waals surface area contributed by atoms with Crippen molar-refractivity contribution >= 4 is 43.1 Å². The van der Waals surface area contributed by atoms with Gasteiger partial charge in [0.05, 0.1) is 21.3 Å². The van der Waals surface area contributed by atoms with Crippen molar-refractivity contribution < 1.29 is 36.0 Å². The van der Waals surface area contributed by atoms with Gasteiger partial charge in [-0.1, -0.05) is 228 Å². The zero-order valence-electron chi connectivity index (χ0n) is 45.7. The smallest absolute Gasteiger partial charge is 0.222 e. The number of hydrogen-bond acceptors (Lipinski definition) is 10. The van der Waals surface area contributed by atoms with E-state index in [1.165, 1.54) is 11.1 Å². The Balaban J connectivity index is -0.000000113. The molecule has 14 heteroatoms. The number of amides is 2. The molecule has 6 atom stereocenters. The lowest BCUT2D eigenvalue weighted by atomic mass is 9.81. The van der Waals surface area contributed by atoms with E-state index in [0.29, 0.717) is 73.7 Å². The van der Waals surface area contributed by atoms with E-state index in [9.17, 15) is 36.0 Å². The van der Waals surface area contributed by atoms with E-state index < -0.39 is 19.7 Å². The second kappa shape index (κ2) is 59.6. The van der Waals surface area contributed by atoms with Gasteiger partial charge < -0.3 is 21.3 Å². The van der Waals surface area contributed by atoms with Crippen LogP contribution in [0.15, 0.2) is 119 Å². The molecule has 0 heterocycles. The van der Waals surface area contributed by atoms with Crippen molar-refractivity contribution in [2.24, 2.45) is 23.7 Å². The van der Waals surface area contributed by atoms with Gasteiger partial charge >= 0.3 is 0 Å². The summed E-state index contributed by atoms with van der Waals surface area (Å²) in [5.41, 5.74) is 4.56. The summed E-state index contributed by atoms with van der Waals surface area (Å²) in [4.78, 5) is 50.7. The van der Waals surface area contributed by atoms with E-state index in [1.54, 1.807) is 38.1 Å². The standard InChI is InChI=1S/2C30H44N2O4S.14CH4/c2*1-5-26(27-11-7-6-8-12-27)22-28(25(4)33)21-24(3)30(34)32-18-10-9-17-31-19-20-37(35,36)29-15-13-23(2)14-16-29;;;;;;;;;;;;;;/h2*6-8,11-16,24,26,28,31H,5,9-10,17-22H2,1-4H3,(H,32,34);14*1H4. The van der Waals surface area contributed by atoms with E-state index in [1.807, 2.05) is 88.4 Å². The van der Waals surface area contributed by atoms with Gasteiger partial charge in [0.15, 0.2) is 19.7 Å². The molecule has 0 aromatic heterocycles. The Kier molecular flexibility index (Phi) is 75.0. The summed E-state index contributed by atoms with van der Waals surface area (Å²) in [5, 5.41) is 12.3. The maximum absolute atomic E-state index is 12.6. The second-order valence-corrected chi connectivity index (χ2v) is 24.4. The Hall–Kier alpha value is -5.02. The molecule has 12 nitrogen and oxygen atoms in total. The van der Waals surface area contributed by atoms with Gasteiger partial charge in [-0.05, 0) is 152 Å². The number of sulfone groups is 2. The van der Waals surface area contributed by atoms with Gasteiger partial charge in [0.2, 0.25) is 11.8 Å². The summed E-state index contributed by atoms with van der Waals surface area (Å²) < 4.78 is 49.5. The van der Waals surface area contributed by atoms with Crippen LogP contribution in [-0.4, -0.2) is 91.0 Å². The van der Waals surface area contributed by atoms with Crippen LogP contribution in [0.2, 0.25) is 0 Å². The highest BCUT2D eigenvalue weighted by Gasteiger charge is 2.27. The normalized spacial score (nSPS) is 11.8. The molecule has 520 valence electrons. The number of ketones is 2. The van der Waals surface area contributed by atoms with Crippen molar-refractivity contribution in [1.29, 1.82) is 0 Å². The van der Waals surface area contributed by atoms with Crippen molar-refractivity contribution in [3.8, 4) is 0 Å². The first-order valence-corrected chi connectivity index (χ1v) is 30.2. The molecule has 0 saturated heterocycles. The van der Waals surface area contributed by atoms with Crippen molar-refractivity contribution in [3.05, 3.63) is 131 Å². The summed E-state index contributed by atoms with van der Waals surface area (Å²) in [5.74, 6) is 0.267. The van der Waals surface area contributed by atoms with Crippen LogP contribution in [0.25, 0.3) is 0 Å². The Morgan fingerprint density at radius 3 is 0.920 bits per heavy atom. The van der Waals surface area contributed by atoms with Gasteiger partial charge in [-0.25, -0.2) is 16.8 Å². The van der Waals surface area contributed by atoms with Crippen LogP contribution < -0.4 is 21.3 Å². The number of rotatable bonds is 34. The predicted molar refractivity (Wildman–Crippen MR) is 395 cm³/mol. The Labute approximate surface area is 548 Å². The Bertz CT molecular complexity index is 2320. The van der Waals surface area contributed by atoms with Gasteiger partial charge in [-0.2, -0.15) is 0 Å². The van der Waals surface area contributed by atoms with Crippen LogP contribution in [0.3, 0.4) is 0 Å². The predicted octanol–water partition coefficient (Wildman–Crippen LogP) is 19.0. The molecule has 6 unspecified atom stereocenters. The molecular weight excluding hydrogens is 1140 g/mol. The molecule has 2 amide bonds. The molecule has 0 aliphatic heterocycles. The quantitative estimate of drug-likeness (QED) is 0.0328. The minimum absolute atomic E-state index is 0. The number of aryl methyl sites for hydroxylation is 2. The molecule has 0 fully saturated rings. The fourth-order valence-electron chi connectivity index (χ4n) is 9.05. The first-order chi connectivity index (χ1) is 35.3. The summed E-state index contributed by atoms with van der Waals surface area (Å²) in [6, 6.07) is 34.4. The maximum Gasteiger partial charge on any atom is 0.222 e. The highest BCUT2D eigenvalue weighted by Crippen LogP contribution is 2.32. The number of carbonyl (C=O) groups is 4. The number of nitrogens with one attached hydrogen (secondary N) is 4. The summed E-state index contributed by atoms with van der Waals surface area (Å²) in [7, 11) is -6.56. The average Bonchev–Trinajstić information content (AvgIpc) is 3.38. The minimum atomic E-state index is -3.28. The zero-order chi connectivity index (χ0) is 54.5. The number of unbranched alkanes of at least 4 members (excludes halogenated alkanes) is 2. The number of Topliss-reactive ketones (excluding diaryl/α,β-unsaturated/α-hetero) is 2. The fraction of sp³-hybridized carbons (Fsp3) is 0.622. The van der Waals surface area contributed by atoms with Crippen LogP contribution in [0, 0.1) is 37.5 Å². The van der Waals surface area contributed by atoms with Crippen molar-refractivity contribution in [3.63, 3.8) is 0 Å². The third-order valence-electron chi connectivity index (χ3n) is 14.0. The number of carbonyl (C=O) groups excluding carboxylic acids is 4. The van der Waals surface area contributed by atoms with Gasteiger partial charge in [-0.15, -0.1) is 0 Å². The van der Waals surface area contributed by atoms with E-state index in [2.05, 4.69) is 59.4 Å². The Morgan fingerprint density at radius 1 is 0.386 bits per heavy atom. The van der Waals surface area contributed by atoms with Crippen LogP contribution >= 0.6 is 0 Å². The van der Waals surface area contributed by atoms with Crippen LogP contribution in [0.4, 0.5) is 0 Å². The maximum atomic E-state index is 12.6. The van der Waals surface area contributed by atoms with Gasteiger partial charge in [-0.3, -0.25) is 19.2 Å². The lowest BCUT2D eigenvalue weighted by Crippen LogP contribution is -2.32. The highest BCUT2D eigenvalue weighted by molar-refractivity contribution is 7.91. The van der Waals surface area contributed by atoms with Crippen LogP contribution in [0.5, 0.6) is 0 Å². The first kappa shape index (κ1) is 111. The largest absolute Gasteiger partial charge is 0.356 e. The lowest BCUT2D eigenvalue weighted by molar-refractivity contribution is -0.128. The van der Waals surface area contributed by atoms with Gasteiger partial charge in [0.25, 0.3) is 0 Å². The average molecular weight is 1280 g/mol. The number of hydrogen-bond donors (Lipinski definition) is 4. The Morgan fingerprint density at radius 2 is 0.659 bits per heavy atom. The van der Waals surface area contributed by atoms with Crippen molar-refractivity contribution in [2.45, 2.75) is 245 Å². The van der Waals surface area contributed by atoms with E-state index in [-0.39, 0.29) is 163 Å². The molecule has 88 heavy (non-hydrogen) atoms. The molecule has 4 rings (SSSR count). The molecular formula is C74H144N4O8S2. The zero-order valence-corrected chi connectivity index (χ0v) is 47.3. The number of benzene rings is 4. The summed E-state index contributed by atoms with van der Waals surface area (Å²) in [6.07, 6.45) is 7.84. The van der Waals surface area contributed by atoms with Gasteiger partial charge in [0.1, 0.15) is 11.6 Å². The fourth-order valence-corrected chi connectivity index (χ4v) is 11.4. The van der Waals surface area contributed by atoms with Gasteiger partial charge in [0, 0.05) is 49.9 Å². The SMILES string of the molecule is C.C.C.C.C.C.C.C.C.C.C.C.C.C.CCC(CC(CC(C)C(=O)NCCCCNCCS(=O)(=O)c1ccc(C)cc1)C(C)=O)c1ccccc1.CCC(CC(CC(C)C(=O)NCCCCNCCS(=O)(=O)c1ccc(C)cc1)C(C)=O)c1ccccc1. The monoisotopic (exact) mass is 1280 g/mol. The topological polar surface area (TPSA) is 185 Å². The van der Waals surface area contributed by atoms with E-state index >= 15 is 0 Å². The highest BCUT2D eigenvalue weighted by atomic mass is 32.2. The third kappa shape index (κ3) is 42.1. The molecule has 0 spiro atoms. The van der Waals surface area contributed by atoms with E-state index in [4.69, 9.17) is 0 Å². The molecule has 0 aliphatic carbocycles. The molecule has 4 aromatic carbocycles. The van der Waals surface area contributed by atoms with E-state index in [0.717, 1.165) is 62.5 Å². The molecule has 0 saturated carbocycles. The van der Waals surface area contributed by atoms with Crippen molar-refractivity contribution in [2.75, 3.05) is 50.8 Å². The molecule has 4 N–H and O–H groups in total. The van der Waals surface area contributed by atoms with Crippen LogP contribution in [0.1, 0.15) is 244 Å². The third-order valence-corrected chi connectivity index (χ3v) is 17.5. The minimum Gasteiger partial charge on any atom is -0.356 e. The summed E-state index contributed by atoms with van der Waals surface area (Å²) in [6.45, 7) is 18.5. The summed E-state index contributed by atoms with van der Waals surface area (Å²) >= 11 is 0. The molecule has 4 aromatic rings. The molecule has 0 radical (unpaired) electrons. The van der Waals surface area contributed by atoms with Crippen LogP contribution in [-0.2, 0) is 38.9 Å². The molecule has 0 bridgehead atoms. The molecule has 0 aliphatic rings. The van der Waals surface area contributed by atoms with Crippen molar-refractivity contribution in [1.82, 2.24) is 21.3 Å².